The van der Waals surface area contributed by atoms with E-state index in [9.17, 15) is 0 Å². The molecule has 15 heavy (non-hydrogen) atoms. The highest BCUT2D eigenvalue weighted by Crippen LogP contribution is 2.04. The fourth-order valence-electron chi connectivity index (χ4n) is 0.910. The van der Waals surface area contributed by atoms with Crippen molar-refractivity contribution < 1.29 is 9.90 Å². The van der Waals surface area contributed by atoms with E-state index in [4.69, 9.17) is 9.90 Å². The fourth-order valence-corrected chi connectivity index (χ4v) is 0.910. The highest BCUT2D eigenvalue weighted by atomic mass is 16.4. The Morgan fingerprint density at radius 2 is 1.60 bits per heavy atom. The quantitative estimate of drug-likeness (QED) is 0.335. The van der Waals surface area contributed by atoms with Gasteiger partial charge in [-0.15, -0.1) is 0 Å². The van der Waals surface area contributed by atoms with Gasteiger partial charge in [-0.3, -0.25) is 15.4 Å². The molecule has 1 amide bonds. The summed E-state index contributed by atoms with van der Waals surface area (Å²) in [5.74, 6) is 4.32. The van der Waals surface area contributed by atoms with Crippen LogP contribution in [0.4, 0.5) is 4.79 Å². The van der Waals surface area contributed by atoms with Crippen molar-refractivity contribution in [3.8, 4) is 0 Å². The number of carbonyl (C=O) groups is 1. The van der Waals surface area contributed by atoms with Gasteiger partial charge in [0, 0.05) is 12.4 Å². The molecule has 0 spiro atoms. The van der Waals surface area contributed by atoms with E-state index < -0.39 is 6.09 Å². The number of amides is 1. The van der Waals surface area contributed by atoms with Gasteiger partial charge in [-0.05, 0) is 12.1 Å². The van der Waals surface area contributed by atoms with Crippen molar-refractivity contribution in [1.29, 1.82) is 0 Å². The normalized spacial score (nSPS) is 8.87. The van der Waals surface area contributed by atoms with Gasteiger partial charge in [0.2, 0.25) is 0 Å². The number of para-hydroxylation sites is 2. The summed E-state index contributed by atoms with van der Waals surface area (Å²) in [7, 11) is 0. The summed E-state index contributed by atoms with van der Waals surface area (Å²) in [6, 6.07) is 7.80. The molecule has 0 unspecified atom stereocenters. The Kier molecular flexibility index (Phi) is 3.99. The molecule has 6 heteroatoms. The zero-order valence-corrected chi connectivity index (χ0v) is 7.79. The second kappa shape index (κ2) is 5.51. The zero-order valence-electron chi connectivity index (χ0n) is 7.79. The molecule has 0 atom stereocenters. The molecule has 4 N–H and O–H groups in total. The number of fused-ring (bicyclic) bond motifs is 1. The Morgan fingerprint density at radius 1 is 1.20 bits per heavy atom. The van der Waals surface area contributed by atoms with Crippen molar-refractivity contribution in [2.45, 2.75) is 0 Å². The van der Waals surface area contributed by atoms with Crippen molar-refractivity contribution in [2.24, 2.45) is 5.84 Å². The van der Waals surface area contributed by atoms with Gasteiger partial charge in [0.05, 0.1) is 11.0 Å². The minimum absolute atomic E-state index is 0.949. The predicted octanol–water partition coefficient (Wildman–Crippen LogP) is 0.757. The van der Waals surface area contributed by atoms with Crippen LogP contribution in [0.25, 0.3) is 11.0 Å². The Morgan fingerprint density at radius 3 is 1.93 bits per heavy atom. The minimum atomic E-state index is -1.22. The van der Waals surface area contributed by atoms with E-state index in [1.54, 1.807) is 12.4 Å². The molecule has 78 valence electrons. The van der Waals surface area contributed by atoms with E-state index in [1.165, 1.54) is 5.43 Å². The van der Waals surface area contributed by atoms with E-state index in [-0.39, 0.29) is 0 Å². The van der Waals surface area contributed by atoms with Crippen molar-refractivity contribution in [3.63, 3.8) is 0 Å². The lowest BCUT2D eigenvalue weighted by molar-refractivity contribution is 0.194. The summed E-state index contributed by atoms with van der Waals surface area (Å²) in [6.07, 6.45) is 2.18. The maximum atomic E-state index is 9.13. The topological polar surface area (TPSA) is 101 Å². The average molecular weight is 206 g/mol. The molecule has 0 radical (unpaired) electrons. The van der Waals surface area contributed by atoms with Crippen molar-refractivity contribution in [3.05, 3.63) is 36.7 Å². The molecule has 0 aliphatic heterocycles. The first kappa shape index (κ1) is 10.9. The standard InChI is InChI=1S/C8H6N2.CH4N2O2/c1-2-4-8-7(3-1)9-5-6-10-8;2-3-1(4)5/h1-6H;3H,2H2,(H,4,5). The molecule has 2 aromatic rings. The second-order valence-corrected chi connectivity index (χ2v) is 2.49. The number of hydrogen-bond donors (Lipinski definition) is 3. The monoisotopic (exact) mass is 206 g/mol. The third kappa shape index (κ3) is 3.57. The molecule has 6 nitrogen and oxygen atoms in total. The van der Waals surface area contributed by atoms with Crippen LogP contribution in [0.15, 0.2) is 36.7 Å². The Balaban J connectivity index is 0.000000195. The lowest BCUT2D eigenvalue weighted by Crippen LogP contribution is -2.27. The summed E-state index contributed by atoms with van der Waals surface area (Å²) in [5.41, 5.74) is 3.34. The van der Waals surface area contributed by atoms with Crippen LogP contribution >= 0.6 is 0 Å². The lowest BCUT2D eigenvalue weighted by Gasteiger charge is -1.90. The van der Waals surface area contributed by atoms with Gasteiger partial charge in [0.1, 0.15) is 0 Å². The maximum Gasteiger partial charge on any atom is 0.418 e. The molecule has 0 fully saturated rings. The first-order chi connectivity index (χ1) is 7.24. The smallest absolute Gasteiger partial charge is 0.418 e. The molecule has 0 aliphatic carbocycles. The largest absolute Gasteiger partial charge is 0.464 e. The number of rotatable bonds is 0. The van der Waals surface area contributed by atoms with E-state index >= 15 is 0 Å². The average Bonchev–Trinajstić information content (AvgIpc) is 2.30. The van der Waals surface area contributed by atoms with E-state index in [0.29, 0.717) is 0 Å². The highest BCUT2D eigenvalue weighted by molar-refractivity contribution is 5.72. The third-order valence-corrected chi connectivity index (χ3v) is 1.50. The first-order valence-corrected chi connectivity index (χ1v) is 4.09. The van der Waals surface area contributed by atoms with Crippen LogP contribution < -0.4 is 11.3 Å². The number of hydrogen-bond acceptors (Lipinski definition) is 4. The maximum absolute atomic E-state index is 9.13. The summed E-state index contributed by atoms with van der Waals surface area (Å²) < 4.78 is 0. The molecule has 0 saturated carbocycles. The number of aromatic nitrogens is 2. The molecule has 1 aromatic carbocycles. The number of nitrogens with zero attached hydrogens (tertiary/aromatic N) is 2. The number of nitrogens with one attached hydrogen (secondary N) is 1. The first-order valence-electron chi connectivity index (χ1n) is 4.09. The van der Waals surface area contributed by atoms with E-state index in [0.717, 1.165) is 11.0 Å². The van der Waals surface area contributed by atoms with Gasteiger partial charge in [0.15, 0.2) is 0 Å². The van der Waals surface area contributed by atoms with E-state index in [2.05, 4.69) is 15.8 Å². The highest BCUT2D eigenvalue weighted by Gasteiger charge is 1.88. The SMILES string of the molecule is NNC(=O)O.c1ccc2nccnc2c1. The minimum Gasteiger partial charge on any atom is -0.464 e. The summed E-state index contributed by atoms with van der Waals surface area (Å²) in [4.78, 5) is 17.4. The van der Waals surface area contributed by atoms with E-state index in [1.807, 2.05) is 24.3 Å². The van der Waals surface area contributed by atoms with Crippen LogP contribution in [-0.4, -0.2) is 21.2 Å². The van der Waals surface area contributed by atoms with Gasteiger partial charge < -0.3 is 5.11 Å². The van der Waals surface area contributed by atoms with Crippen molar-refractivity contribution >= 4 is 17.1 Å². The summed E-state index contributed by atoms with van der Waals surface area (Å²) >= 11 is 0. The predicted molar refractivity (Wildman–Crippen MR) is 54.9 cm³/mol. The molecule has 0 bridgehead atoms. The van der Waals surface area contributed by atoms with Gasteiger partial charge in [0.25, 0.3) is 0 Å². The molecule has 1 aromatic heterocycles. The molecule has 2 rings (SSSR count). The lowest BCUT2D eigenvalue weighted by atomic mass is 10.3. The molecule has 0 aliphatic rings. The van der Waals surface area contributed by atoms with Crippen molar-refractivity contribution in [1.82, 2.24) is 15.4 Å². The number of nitrogens with two attached hydrogens (primary N) is 1. The molecular weight excluding hydrogens is 196 g/mol. The molecule has 0 saturated heterocycles. The van der Waals surface area contributed by atoms with Gasteiger partial charge in [-0.2, -0.15) is 0 Å². The number of benzene rings is 1. The second-order valence-electron chi connectivity index (χ2n) is 2.49. The Hall–Kier alpha value is -2.21. The zero-order chi connectivity index (χ0) is 11.1. The van der Waals surface area contributed by atoms with Crippen LogP contribution in [0, 0.1) is 0 Å². The molecular formula is C9H10N4O2. The number of hydrazine groups is 1. The van der Waals surface area contributed by atoms with Crippen LogP contribution in [-0.2, 0) is 0 Å². The van der Waals surface area contributed by atoms with Gasteiger partial charge in [-0.25, -0.2) is 10.6 Å². The summed E-state index contributed by atoms with van der Waals surface area (Å²) in [6.45, 7) is 0. The van der Waals surface area contributed by atoms with Gasteiger partial charge in [-0.1, -0.05) is 12.1 Å². The number of carboxylic acid groups (broad SMARTS) is 1. The van der Waals surface area contributed by atoms with Crippen LogP contribution in [0.5, 0.6) is 0 Å². The third-order valence-electron chi connectivity index (χ3n) is 1.50. The molecule has 1 heterocycles. The summed E-state index contributed by atoms with van der Waals surface area (Å²) in [5, 5.41) is 7.49. The van der Waals surface area contributed by atoms with Crippen LogP contribution in [0.3, 0.4) is 0 Å². The van der Waals surface area contributed by atoms with Gasteiger partial charge >= 0.3 is 6.09 Å². The van der Waals surface area contributed by atoms with Crippen LogP contribution in [0.2, 0.25) is 0 Å². The fraction of sp³-hybridized carbons (Fsp3) is 0. The van der Waals surface area contributed by atoms with Crippen LogP contribution in [0.1, 0.15) is 0 Å². The Labute approximate surface area is 85.7 Å². The van der Waals surface area contributed by atoms with Crippen molar-refractivity contribution in [2.75, 3.05) is 0 Å². The Bertz CT molecular complexity index is 381.